The number of thiazole rings is 1. The monoisotopic (exact) mass is 382 g/mol. The molecule has 26 heavy (non-hydrogen) atoms. The Kier molecular flexibility index (Phi) is 6.04. The first-order valence-electron chi connectivity index (χ1n) is 8.49. The number of aryl methyl sites for hydroxylation is 1. The van der Waals surface area contributed by atoms with Crippen molar-refractivity contribution in [3.05, 3.63) is 16.1 Å². The maximum atomic E-state index is 12.6. The van der Waals surface area contributed by atoms with Crippen LogP contribution in [-0.2, 0) is 25.6 Å². The maximum absolute atomic E-state index is 12.6. The average molecular weight is 382 g/mol. The van der Waals surface area contributed by atoms with Gasteiger partial charge < -0.3 is 19.7 Å². The predicted molar refractivity (Wildman–Crippen MR) is 92.6 cm³/mol. The van der Waals surface area contributed by atoms with Crippen LogP contribution in [0.2, 0.25) is 0 Å². The largest absolute Gasteiger partial charge is 0.448 e. The molecular weight excluding hydrogens is 360 g/mol. The van der Waals surface area contributed by atoms with Gasteiger partial charge in [-0.1, -0.05) is 0 Å². The van der Waals surface area contributed by atoms with Gasteiger partial charge in [0, 0.05) is 18.3 Å². The van der Waals surface area contributed by atoms with Gasteiger partial charge in [0.1, 0.15) is 13.2 Å². The lowest BCUT2D eigenvalue weighted by Gasteiger charge is -2.36. The molecule has 3 heterocycles. The summed E-state index contributed by atoms with van der Waals surface area (Å²) in [7, 11) is 0. The molecule has 2 fully saturated rings. The zero-order valence-corrected chi connectivity index (χ0v) is 15.4. The summed E-state index contributed by atoms with van der Waals surface area (Å²) in [4.78, 5) is 43.6. The molecule has 1 aromatic rings. The summed E-state index contributed by atoms with van der Waals surface area (Å²) in [5.74, 6) is -0.357. The van der Waals surface area contributed by atoms with Gasteiger partial charge in [-0.25, -0.2) is 9.78 Å². The van der Waals surface area contributed by atoms with Gasteiger partial charge in [-0.3, -0.25) is 14.5 Å². The maximum Gasteiger partial charge on any atom is 0.410 e. The van der Waals surface area contributed by atoms with Crippen molar-refractivity contribution >= 4 is 29.2 Å². The summed E-state index contributed by atoms with van der Waals surface area (Å²) in [5, 5.41) is 5.68. The van der Waals surface area contributed by atoms with Crippen molar-refractivity contribution in [1.82, 2.24) is 20.1 Å². The smallest absolute Gasteiger partial charge is 0.410 e. The minimum absolute atomic E-state index is 0.0327. The molecule has 10 heteroatoms. The van der Waals surface area contributed by atoms with Gasteiger partial charge in [0.05, 0.1) is 43.0 Å². The molecule has 0 aromatic carbocycles. The summed E-state index contributed by atoms with van der Waals surface area (Å²) in [6.45, 7) is 4.09. The van der Waals surface area contributed by atoms with Crippen LogP contribution in [0.3, 0.4) is 0 Å². The van der Waals surface area contributed by atoms with E-state index in [0.717, 1.165) is 10.7 Å². The molecule has 9 nitrogen and oxygen atoms in total. The van der Waals surface area contributed by atoms with Crippen LogP contribution in [0, 0.1) is 6.92 Å². The van der Waals surface area contributed by atoms with Gasteiger partial charge in [-0.2, -0.15) is 0 Å². The van der Waals surface area contributed by atoms with Crippen molar-refractivity contribution in [2.45, 2.75) is 25.9 Å². The fourth-order valence-corrected chi connectivity index (χ4v) is 3.55. The number of ether oxygens (including phenoxy) is 2. The zero-order valence-electron chi connectivity index (χ0n) is 14.6. The van der Waals surface area contributed by atoms with Crippen molar-refractivity contribution in [2.75, 3.05) is 39.5 Å². The molecule has 3 rings (SSSR count). The van der Waals surface area contributed by atoms with Crippen molar-refractivity contribution in [3.63, 3.8) is 0 Å². The predicted octanol–water partition coefficient (Wildman–Crippen LogP) is 0.137. The van der Waals surface area contributed by atoms with Gasteiger partial charge >= 0.3 is 6.09 Å². The van der Waals surface area contributed by atoms with Gasteiger partial charge in [0.2, 0.25) is 11.8 Å². The average Bonchev–Trinajstić information content (AvgIpc) is 3.22. The quantitative estimate of drug-likeness (QED) is 0.751. The Hall–Kier alpha value is -2.20. The van der Waals surface area contributed by atoms with Gasteiger partial charge in [0.25, 0.3) is 0 Å². The van der Waals surface area contributed by atoms with Gasteiger partial charge in [0.15, 0.2) is 0 Å². The van der Waals surface area contributed by atoms with Gasteiger partial charge in [-0.05, 0) is 6.92 Å². The normalized spacial score (nSPS) is 20.2. The summed E-state index contributed by atoms with van der Waals surface area (Å²) in [6, 6.07) is -0.341. The molecular formula is C16H22N4O5S. The first kappa shape index (κ1) is 18.6. The van der Waals surface area contributed by atoms with Crippen LogP contribution in [-0.4, -0.2) is 78.2 Å². The molecule has 142 valence electrons. The number of amides is 3. The Bertz CT molecular complexity index is 679. The molecule has 1 N–H and O–H groups in total. The number of nitrogens with zero attached hydrogens (tertiary/aromatic N) is 3. The second-order valence-electron chi connectivity index (χ2n) is 6.19. The SMILES string of the molecule is Cc1nc(CNC(=O)C[C@H]2COCCN2C(=O)CN2CCOC2=O)cs1. The molecule has 0 spiro atoms. The highest BCUT2D eigenvalue weighted by molar-refractivity contribution is 7.09. The Morgan fingerprint density at radius 3 is 2.92 bits per heavy atom. The van der Waals surface area contributed by atoms with Crippen LogP contribution >= 0.6 is 11.3 Å². The standard InChI is InChI=1S/C16H22N4O5S/c1-11-18-12(10-26-11)7-17-14(21)6-13-9-24-4-3-20(13)15(22)8-19-2-5-25-16(19)23/h10,13H,2-9H2,1H3,(H,17,21)/t13-/m0/s1. The number of cyclic esters (lactones) is 1. The number of carbonyl (C=O) groups excluding carboxylic acids is 3. The van der Waals surface area contributed by atoms with Crippen LogP contribution in [0.1, 0.15) is 17.1 Å². The van der Waals surface area contributed by atoms with E-state index in [9.17, 15) is 14.4 Å². The molecule has 0 radical (unpaired) electrons. The summed E-state index contributed by atoms with van der Waals surface area (Å²) in [5.41, 5.74) is 0.821. The topological polar surface area (TPSA) is 101 Å². The van der Waals surface area contributed by atoms with E-state index in [1.807, 2.05) is 12.3 Å². The van der Waals surface area contributed by atoms with E-state index in [1.54, 1.807) is 4.90 Å². The van der Waals surface area contributed by atoms with Crippen LogP contribution in [0.15, 0.2) is 5.38 Å². The zero-order chi connectivity index (χ0) is 18.5. The third kappa shape index (κ3) is 4.70. The number of rotatable bonds is 6. The summed E-state index contributed by atoms with van der Waals surface area (Å²) >= 11 is 1.53. The highest BCUT2D eigenvalue weighted by Gasteiger charge is 2.32. The molecule has 2 saturated heterocycles. The van der Waals surface area contributed by atoms with Crippen LogP contribution in [0.5, 0.6) is 0 Å². The Morgan fingerprint density at radius 1 is 1.38 bits per heavy atom. The molecule has 0 aliphatic carbocycles. The fourth-order valence-electron chi connectivity index (χ4n) is 2.94. The van der Waals surface area contributed by atoms with Crippen LogP contribution < -0.4 is 5.32 Å². The number of aromatic nitrogens is 1. The number of morpholine rings is 1. The number of nitrogens with one attached hydrogen (secondary N) is 1. The third-order valence-electron chi connectivity index (χ3n) is 4.27. The van der Waals surface area contributed by atoms with Gasteiger partial charge in [-0.15, -0.1) is 11.3 Å². The molecule has 0 bridgehead atoms. The second-order valence-corrected chi connectivity index (χ2v) is 7.25. The molecule has 2 aliphatic rings. The molecule has 2 aliphatic heterocycles. The lowest BCUT2D eigenvalue weighted by Crippen LogP contribution is -2.53. The van der Waals surface area contributed by atoms with E-state index < -0.39 is 6.09 Å². The highest BCUT2D eigenvalue weighted by atomic mass is 32.1. The molecule has 1 atom stereocenters. The number of carbonyl (C=O) groups is 3. The lowest BCUT2D eigenvalue weighted by atomic mass is 10.1. The molecule has 0 unspecified atom stereocenters. The van der Waals surface area contributed by atoms with Crippen LogP contribution in [0.4, 0.5) is 4.79 Å². The third-order valence-corrected chi connectivity index (χ3v) is 5.10. The van der Waals surface area contributed by atoms with Crippen molar-refractivity contribution in [2.24, 2.45) is 0 Å². The fraction of sp³-hybridized carbons (Fsp3) is 0.625. The van der Waals surface area contributed by atoms with E-state index >= 15 is 0 Å². The Labute approximate surface area is 155 Å². The number of hydrogen-bond donors (Lipinski definition) is 1. The van der Waals surface area contributed by atoms with Crippen molar-refractivity contribution in [1.29, 1.82) is 0 Å². The Morgan fingerprint density at radius 2 is 2.23 bits per heavy atom. The van der Waals surface area contributed by atoms with E-state index in [-0.39, 0.29) is 30.8 Å². The van der Waals surface area contributed by atoms with E-state index in [4.69, 9.17) is 9.47 Å². The van der Waals surface area contributed by atoms with Crippen LogP contribution in [0.25, 0.3) is 0 Å². The van der Waals surface area contributed by atoms with E-state index in [0.29, 0.717) is 39.5 Å². The minimum atomic E-state index is -0.473. The minimum Gasteiger partial charge on any atom is -0.448 e. The molecule has 1 aromatic heterocycles. The van der Waals surface area contributed by atoms with Crippen molar-refractivity contribution < 1.29 is 23.9 Å². The highest BCUT2D eigenvalue weighted by Crippen LogP contribution is 2.13. The number of hydrogen-bond acceptors (Lipinski definition) is 7. The van der Waals surface area contributed by atoms with Crippen molar-refractivity contribution in [3.8, 4) is 0 Å². The van der Waals surface area contributed by atoms with E-state index in [1.165, 1.54) is 16.2 Å². The second kappa shape index (κ2) is 8.45. The Balaban J connectivity index is 1.51. The lowest BCUT2D eigenvalue weighted by molar-refractivity contribution is -0.142. The molecule has 3 amide bonds. The summed E-state index contributed by atoms with van der Waals surface area (Å²) in [6.07, 6.45) is -0.321. The molecule has 0 saturated carbocycles. The van der Waals surface area contributed by atoms with E-state index in [2.05, 4.69) is 10.3 Å². The first-order valence-corrected chi connectivity index (χ1v) is 9.37. The first-order chi connectivity index (χ1) is 12.5. The summed E-state index contributed by atoms with van der Waals surface area (Å²) < 4.78 is 10.3.